The Hall–Kier alpha value is -2.50. The highest BCUT2D eigenvalue weighted by atomic mass is 35.5. The average Bonchev–Trinajstić information content (AvgIpc) is 3.03. The van der Waals surface area contributed by atoms with Crippen molar-refractivity contribution >= 4 is 28.5 Å². The molecule has 0 atom stereocenters. The largest absolute Gasteiger partial charge is 0.493 e. The molecule has 0 aliphatic carbocycles. The molecule has 0 aliphatic rings. The van der Waals surface area contributed by atoms with E-state index in [1.54, 1.807) is 12.1 Å². The lowest BCUT2D eigenvalue weighted by molar-refractivity contribution is 0.0699. The Morgan fingerprint density at radius 3 is 2.54 bits per heavy atom. The summed E-state index contributed by atoms with van der Waals surface area (Å²) in [7, 11) is 0. The minimum atomic E-state index is -0.986. The molecule has 26 heavy (non-hydrogen) atoms. The first-order valence-corrected chi connectivity index (χ1v) is 8.56. The van der Waals surface area contributed by atoms with Crippen LogP contribution >= 0.6 is 11.6 Å². The van der Waals surface area contributed by atoms with Gasteiger partial charge in [0.1, 0.15) is 5.75 Å². The van der Waals surface area contributed by atoms with Crippen molar-refractivity contribution in [1.82, 2.24) is 4.98 Å². The molecule has 3 aromatic rings. The molecule has 0 saturated heterocycles. The summed E-state index contributed by atoms with van der Waals surface area (Å²) in [6.07, 6.45) is 1.47. The molecule has 0 bridgehead atoms. The maximum Gasteiger partial charge on any atom is 0.337 e. The summed E-state index contributed by atoms with van der Waals surface area (Å²) in [6.45, 7) is 4.30. The van der Waals surface area contributed by atoms with Crippen molar-refractivity contribution in [3.05, 3.63) is 53.2 Å². The van der Waals surface area contributed by atoms with Crippen LogP contribution in [-0.4, -0.2) is 34.4 Å². The van der Waals surface area contributed by atoms with Gasteiger partial charge >= 0.3 is 5.97 Å². The lowest BCUT2D eigenvalue weighted by Crippen LogP contribution is -2.25. The molecule has 0 spiro atoms. The summed E-state index contributed by atoms with van der Waals surface area (Å²) in [5, 5.41) is 19.7. The number of aromatic amines is 1. The topological polar surface area (TPSA) is 82.6 Å². The zero-order valence-corrected chi connectivity index (χ0v) is 15.3. The number of halogens is 1. The summed E-state index contributed by atoms with van der Waals surface area (Å²) in [6, 6.07) is 10.9. The van der Waals surface area contributed by atoms with Crippen molar-refractivity contribution in [2.45, 2.75) is 13.8 Å². The predicted molar refractivity (Wildman–Crippen MR) is 102 cm³/mol. The number of benzene rings is 2. The summed E-state index contributed by atoms with van der Waals surface area (Å²) < 4.78 is 5.72. The Bertz CT molecular complexity index is 944. The Morgan fingerprint density at radius 2 is 1.92 bits per heavy atom. The maximum absolute atomic E-state index is 11.3. The van der Waals surface area contributed by atoms with Crippen LogP contribution in [-0.2, 0) is 0 Å². The molecule has 5 nitrogen and oxygen atoms in total. The number of ether oxygens (including phenoxy) is 1. The van der Waals surface area contributed by atoms with Crippen LogP contribution in [0.1, 0.15) is 24.2 Å². The van der Waals surface area contributed by atoms with E-state index in [0.717, 1.165) is 11.1 Å². The van der Waals surface area contributed by atoms with Crippen LogP contribution < -0.4 is 4.74 Å². The van der Waals surface area contributed by atoms with E-state index in [0.29, 0.717) is 28.3 Å². The highest BCUT2D eigenvalue weighted by Gasteiger charge is 2.18. The standard InChI is InChI=1S/C20H20ClNO4/c1-20(2,10-23)11-26-13-5-3-12(4-6-13)14-7-15-16(19(24)25)9-22-18(15)8-17(14)21/h3-9,22-23H,10-11H2,1-2H3,(H,24,25). The van der Waals surface area contributed by atoms with E-state index in [1.165, 1.54) is 6.20 Å². The van der Waals surface area contributed by atoms with Crippen LogP contribution in [0.3, 0.4) is 0 Å². The van der Waals surface area contributed by atoms with Gasteiger partial charge in [0.25, 0.3) is 0 Å². The normalized spacial score (nSPS) is 11.7. The van der Waals surface area contributed by atoms with Crippen LogP contribution in [0.5, 0.6) is 5.75 Å². The summed E-state index contributed by atoms with van der Waals surface area (Å²) >= 11 is 6.38. The number of hydrogen-bond donors (Lipinski definition) is 3. The summed E-state index contributed by atoms with van der Waals surface area (Å²) in [5.74, 6) is -0.292. The minimum absolute atomic E-state index is 0.0449. The van der Waals surface area contributed by atoms with Gasteiger partial charge in [-0.1, -0.05) is 37.6 Å². The third-order valence-electron chi connectivity index (χ3n) is 4.22. The number of carboxylic acids is 1. The number of aromatic carboxylic acids is 1. The fraction of sp³-hybridized carbons (Fsp3) is 0.250. The van der Waals surface area contributed by atoms with Gasteiger partial charge in [-0.05, 0) is 29.8 Å². The van der Waals surface area contributed by atoms with Crippen molar-refractivity contribution < 1.29 is 19.7 Å². The van der Waals surface area contributed by atoms with E-state index in [2.05, 4.69) is 4.98 Å². The van der Waals surface area contributed by atoms with Crippen molar-refractivity contribution in [3.63, 3.8) is 0 Å². The number of fused-ring (bicyclic) bond motifs is 1. The third kappa shape index (κ3) is 3.69. The fourth-order valence-electron chi connectivity index (χ4n) is 2.60. The smallest absolute Gasteiger partial charge is 0.337 e. The van der Waals surface area contributed by atoms with Gasteiger partial charge in [0.05, 0.1) is 23.8 Å². The monoisotopic (exact) mass is 373 g/mol. The van der Waals surface area contributed by atoms with Gasteiger partial charge in [0.15, 0.2) is 0 Å². The fourth-order valence-corrected chi connectivity index (χ4v) is 2.87. The molecule has 0 amide bonds. The number of carboxylic acid groups (broad SMARTS) is 1. The lowest BCUT2D eigenvalue weighted by Gasteiger charge is -2.21. The van der Waals surface area contributed by atoms with Crippen molar-refractivity contribution in [2.24, 2.45) is 5.41 Å². The summed E-state index contributed by atoms with van der Waals surface area (Å²) in [4.78, 5) is 14.3. The molecule has 0 fully saturated rings. The van der Waals surface area contributed by atoms with Gasteiger partial charge in [0, 0.05) is 28.1 Å². The van der Waals surface area contributed by atoms with E-state index in [9.17, 15) is 15.0 Å². The third-order valence-corrected chi connectivity index (χ3v) is 4.54. The quantitative estimate of drug-likeness (QED) is 0.590. The molecule has 0 aliphatic heterocycles. The molecule has 0 saturated carbocycles. The molecule has 1 heterocycles. The lowest BCUT2D eigenvalue weighted by atomic mass is 9.96. The molecule has 3 N–H and O–H groups in total. The second kappa shape index (κ2) is 7.02. The average molecular weight is 374 g/mol. The van der Waals surface area contributed by atoms with Gasteiger partial charge in [-0.15, -0.1) is 0 Å². The summed E-state index contributed by atoms with van der Waals surface area (Å²) in [5.41, 5.74) is 2.20. The Morgan fingerprint density at radius 1 is 1.23 bits per heavy atom. The zero-order chi connectivity index (χ0) is 18.9. The first-order chi connectivity index (χ1) is 12.3. The van der Waals surface area contributed by atoms with E-state index < -0.39 is 5.97 Å². The number of hydrogen-bond acceptors (Lipinski definition) is 3. The van der Waals surface area contributed by atoms with Gasteiger partial charge < -0.3 is 19.9 Å². The zero-order valence-electron chi connectivity index (χ0n) is 14.5. The number of nitrogens with one attached hydrogen (secondary N) is 1. The number of H-pyrrole nitrogens is 1. The van der Waals surface area contributed by atoms with E-state index in [1.807, 2.05) is 38.1 Å². The molecular weight excluding hydrogens is 354 g/mol. The van der Waals surface area contributed by atoms with Gasteiger partial charge in [-0.3, -0.25) is 0 Å². The van der Waals surface area contributed by atoms with Crippen LogP contribution in [0.25, 0.3) is 22.0 Å². The maximum atomic E-state index is 11.3. The molecule has 6 heteroatoms. The molecular formula is C20H20ClNO4. The number of carbonyl (C=O) groups is 1. The first-order valence-electron chi connectivity index (χ1n) is 8.19. The molecule has 0 unspecified atom stereocenters. The van der Waals surface area contributed by atoms with Gasteiger partial charge in [-0.25, -0.2) is 4.79 Å². The Labute approximate surface area is 156 Å². The van der Waals surface area contributed by atoms with E-state index in [-0.39, 0.29) is 17.6 Å². The van der Waals surface area contributed by atoms with E-state index >= 15 is 0 Å². The Balaban J connectivity index is 1.90. The first kappa shape index (κ1) is 18.3. The van der Waals surface area contributed by atoms with Crippen molar-refractivity contribution in [3.8, 4) is 16.9 Å². The second-order valence-electron chi connectivity index (χ2n) is 7.02. The molecule has 2 aromatic carbocycles. The number of aliphatic hydroxyl groups excluding tert-OH is 1. The van der Waals surface area contributed by atoms with Crippen LogP contribution in [0.2, 0.25) is 5.02 Å². The van der Waals surface area contributed by atoms with Crippen LogP contribution in [0.15, 0.2) is 42.6 Å². The molecule has 0 radical (unpaired) electrons. The number of aliphatic hydroxyl groups is 1. The highest BCUT2D eigenvalue weighted by molar-refractivity contribution is 6.34. The van der Waals surface area contributed by atoms with Crippen molar-refractivity contribution in [1.29, 1.82) is 0 Å². The van der Waals surface area contributed by atoms with Gasteiger partial charge in [-0.2, -0.15) is 0 Å². The SMILES string of the molecule is CC(C)(CO)COc1ccc(-c2cc3c(C(=O)O)c[nH]c3cc2Cl)cc1. The van der Waals surface area contributed by atoms with Crippen LogP contribution in [0, 0.1) is 5.41 Å². The number of aromatic nitrogens is 1. The second-order valence-corrected chi connectivity index (χ2v) is 7.43. The van der Waals surface area contributed by atoms with E-state index in [4.69, 9.17) is 16.3 Å². The van der Waals surface area contributed by atoms with Crippen molar-refractivity contribution in [2.75, 3.05) is 13.2 Å². The Kier molecular flexibility index (Phi) is 4.94. The minimum Gasteiger partial charge on any atom is -0.493 e. The molecule has 136 valence electrons. The molecule has 3 rings (SSSR count). The molecule has 1 aromatic heterocycles. The highest BCUT2D eigenvalue weighted by Crippen LogP contribution is 2.34. The van der Waals surface area contributed by atoms with Crippen LogP contribution in [0.4, 0.5) is 0 Å². The van der Waals surface area contributed by atoms with Gasteiger partial charge in [0.2, 0.25) is 0 Å². The predicted octanol–water partition coefficient (Wildman–Crippen LogP) is 4.58. The number of rotatable bonds is 6.